The molecule has 0 atom stereocenters. The molecule has 7 heteroatoms. The summed E-state index contributed by atoms with van der Waals surface area (Å²) in [6, 6.07) is 5.24. The van der Waals surface area contributed by atoms with Gasteiger partial charge in [-0.05, 0) is 31.3 Å². The molecule has 1 aromatic rings. The highest BCUT2D eigenvalue weighted by molar-refractivity contribution is 9.09. The monoisotopic (exact) mass is 442 g/mol. The van der Waals surface area contributed by atoms with E-state index in [4.69, 9.17) is 16.3 Å². The van der Waals surface area contributed by atoms with Crippen molar-refractivity contribution in [1.82, 2.24) is 4.90 Å². The van der Waals surface area contributed by atoms with Gasteiger partial charge in [-0.3, -0.25) is 4.79 Å². The predicted octanol–water partition coefficient (Wildman–Crippen LogP) is 3.97. The van der Waals surface area contributed by atoms with Crippen LogP contribution in [0.5, 0.6) is 5.75 Å². The smallest absolute Gasteiger partial charge is 0.235 e. The third-order valence-electron chi connectivity index (χ3n) is 2.90. The summed E-state index contributed by atoms with van der Waals surface area (Å²) in [6.07, 6.45) is 0. The van der Waals surface area contributed by atoms with Gasteiger partial charge in [-0.1, -0.05) is 41.4 Å². The van der Waals surface area contributed by atoms with Crippen molar-refractivity contribution in [2.24, 2.45) is 0 Å². The number of carbonyl (C=O) groups is 1. The zero-order valence-corrected chi connectivity index (χ0v) is 16.3. The van der Waals surface area contributed by atoms with Crippen LogP contribution in [0, 0.1) is 0 Å². The Hall–Kier alpha value is -0.300. The molecule has 4 nitrogen and oxygen atoms in total. The molecule has 0 saturated heterocycles. The highest BCUT2D eigenvalue weighted by atomic mass is 79.9. The summed E-state index contributed by atoms with van der Waals surface area (Å²) in [4.78, 5) is 13.5. The summed E-state index contributed by atoms with van der Waals surface area (Å²) >= 11 is 9.23. The van der Waals surface area contributed by atoms with Crippen molar-refractivity contribution in [2.75, 3.05) is 36.9 Å². The fourth-order valence-corrected chi connectivity index (χ4v) is 2.09. The number of anilines is 1. The van der Waals surface area contributed by atoms with Crippen molar-refractivity contribution in [2.45, 2.75) is 13.8 Å². The second kappa shape index (κ2) is 11.3. The van der Waals surface area contributed by atoms with E-state index in [1.54, 1.807) is 18.2 Å². The van der Waals surface area contributed by atoms with Crippen LogP contribution in [0.3, 0.4) is 0 Å². The van der Waals surface area contributed by atoms with Crippen LogP contribution in [-0.2, 0) is 4.79 Å². The molecule has 0 fully saturated rings. The first-order chi connectivity index (χ1) is 9.60. The van der Waals surface area contributed by atoms with Gasteiger partial charge in [0.25, 0.3) is 0 Å². The fourth-order valence-electron chi connectivity index (χ4n) is 1.71. The Morgan fingerprint density at radius 3 is 2.57 bits per heavy atom. The Morgan fingerprint density at radius 2 is 2.05 bits per heavy atom. The van der Waals surface area contributed by atoms with Gasteiger partial charge in [0.2, 0.25) is 5.91 Å². The summed E-state index contributed by atoms with van der Waals surface area (Å²) in [5.74, 6) is 0.520. The number of likely N-dealkylation sites (N-methyl/N-ethyl adjacent to an activating group) is 1. The van der Waals surface area contributed by atoms with Crippen LogP contribution in [0.2, 0.25) is 5.02 Å². The minimum Gasteiger partial charge on any atom is -0.491 e. The number of carbonyl (C=O) groups excluding carboxylic acids is 1. The maximum atomic E-state index is 11.3. The molecule has 0 heterocycles. The summed E-state index contributed by atoms with van der Waals surface area (Å²) in [7, 11) is 0. The van der Waals surface area contributed by atoms with Crippen LogP contribution in [0.15, 0.2) is 18.2 Å². The largest absolute Gasteiger partial charge is 0.491 e. The molecule has 21 heavy (non-hydrogen) atoms. The second-order valence-corrected chi connectivity index (χ2v) is 5.17. The number of ether oxygens (including phenoxy) is 1. The highest BCUT2D eigenvalue weighted by Gasteiger charge is 2.06. The number of halogens is 3. The van der Waals surface area contributed by atoms with E-state index >= 15 is 0 Å². The molecule has 0 aromatic heterocycles. The van der Waals surface area contributed by atoms with Gasteiger partial charge >= 0.3 is 0 Å². The van der Waals surface area contributed by atoms with Crippen LogP contribution < -0.4 is 10.1 Å². The maximum Gasteiger partial charge on any atom is 0.235 e. The van der Waals surface area contributed by atoms with E-state index in [2.05, 4.69) is 40.0 Å². The Balaban J connectivity index is 0.00000400. The lowest BCUT2D eigenvalue weighted by molar-refractivity contribution is -0.113. The molecule has 0 aliphatic heterocycles. The zero-order chi connectivity index (χ0) is 15.0. The van der Waals surface area contributed by atoms with Crippen LogP contribution in [-0.4, -0.2) is 42.4 Å². The Morgan fingerprint density at radius 1 is 1.38 bits per heavy atom. The minimum atomic E-state index is -0.115. The van der Waals surface area contributed by atoms with Gasteiger partial charge in [0.15, 0.2) is 0 Å². The molecular formula is C14H21Br2ClN2O2. The molecule has 1 aromatic carbocycles. The molecule has 1 N–H and O–H groups in total. The first kappa shape index (κ1) is 20.7. The fraction of sp³-hybridized carbons (Fsp3) is 0.500. The van der Waals surface area contributed by atoms with Crippen molar-refractivity contribution in [3.63, 3.8) is 0 Å². The highest BCUT2D eigenvalue weighted by Crippen LogP contribution is 2.27. The average Bonchev–Trinajstić information content (AvgIpc) is 2.45. The van der Waals surface area contributed by atoms with E-state index in [0.717, 1.165) is 19.6 Å². The molecule has 0 bridgehead atoms. The summed E-state index contributed by atoms with van der Waals surface area (Å²) in [6.45, 7) is 7.71. The lowest BCUT2D eigenvalue weighted by atomic mass is 10.3. The van der Waals surface area contributed by atoms with Crippen molar-refractivity contribution in [1.29, 1.82) is 0 Å². The van der Waals surface area contributed by atoms with Crippen LogP contribution in [0.4, 0.5) is 5.69 Å². The van der Waals surface area contributed by atoms with Crippen molar-refractivity contribution >= 4 is 56.1 Å². The number of alkyl halides is 1. The average molecular weight is 445 g/mol. The number of benzene rings is 1. The zero-order valence-electron chi connectivity index (χ0n) is 12.2. The first-order valence-corrected chi connectivity index (χ1v) is 8.11. The van der Waals surface area contributed by atoms with E-state index in [1.807, 2.05) is 0 Å². The molecule has 0 aliphatic carbocycles. The first-order valence-electron chi connectivity index (χ1n) is 6.61. The molecular weight excluding hydrogens is 423 g/mol. The van der Waals surface area contributed by atoms with Gasteiger partial charge in [0.05, 0.1) is 10.4 Å². The molecule has 0 aliphatic rings. The van der Waals surface area contributed by atoms with Gasteiger partial charge < -0.3 is 15.0 Å². The van der Waals surface area contributed by atoms with E-state index in [-0.39, 0.29) is 28.2 Å². The Bertz CT molecular complexity index is 443. The molecule has 120 valence electrons. The summed E-state index contributed by atoms with van der Waals surface area (Å²) in [5.41, 5.74) is 0.663. The van der Waals surface area contributed by atoms with Gasteiger partial charge in [-0.2, -0.15) is 0 Å². The molecule has 0 spiro atoms. The quantitative estimate of drug-likeness (QED) is 0.617. The van der Waals surface area contributed by atoms with Crippen molar-refractivity contribution < 1.29 is 9.53 Å². The third-order valence-corrected chi connectivity index (χ3v) is 3.70. The second-order valence-electron chi connectivity index (χ2n) is 4.20. The van der Waals surface area contributed by atoms with Crippen LogP contribution in [0.1, 0.15) is 13.8 Å². The van der Waals surface area contributed by atoms with E-state index in [0.29, 0.717) is 23.1 Å². The van der Waals surface area contributed by atoms with Gasteiger partial charge in [0.1, 0.15) is 12.4 Å². The maximum absolute atomic E-state index is 11.3. The molecule has 1 rings (SSSR count). The number of rotatable bonds is 8. The lowest BCUT2D eigenvalue weighted by Gasteiger charge is -2.18. The van der Waals surface area contributed by atoms with E-state index < -0.39 is 0 Å². The number of hydrogen-bond acceptors (Lipinski definition) is 3. The standard InChI is InChI=1S/C14H20BrClN2O2.BrH/c1-3-18(4-2)7-8-20-13-6-5-11(9-12(13)16)17-14(19)10-15;/h5-6,9H,3-4,7-8,10H2,1-2H3,(H,17,19);1H. The number of hydrogen-bond donors (Lipinski definition) is 1. The van der Waals surface area contributed by atoms with Gasteiger partial charge in [-0.25, -0.2) is 0 Å². The Labute approximate surface area is 150 Å². The van der Waals surface area contributed by atoms with Gasteiger partial charge in [-0.15, -0.1) is 17.0 Å². The number of nitrogens with zero attached hydrogens (tertiary/aromatic N) is 1. The third kappa shape index (κ3) is 7.49. The lowest BCUT2D eigenvalue weighted by Crippen LogP contribution is -2.27. The minimum absolute atomic E-state index is 0. The normalized spacial score (nSPS) is 10.1. The van der Waals surface area contributed by atoms with Crippen LogP contribution in [0.25, 0.3) is 0 Å². The van der Waals surface area contributed by atoms with E-state index in [1.165, 1.54) is 0 Å². The topological polar surface area (TPSA) is 41.6 Å². The van der Waals surface area contributed by atoms with Crippen molar-refractivity contribution in [3.05, 3.63) is 23.2 Å². The Kier molecular flexibility index (Phi) is 11.1. The number of amides is 1. The predicted molar refractivity (Wildman–Crippen MR) is 97.5 cm³/mol. The molecule has 1 amide bonds. The number of nitrogens with one attached hydrogen (secondary N) is 1. The van der Waals surface area contributed by atoms with Gasteiger partial charge in [0, 0.05) is 12.2 Å². The molecule has 0 saturated carbocycles. The molecule has 0 unspecified atom stereocenters. The summed E-state index contributed by atoms with van der Waals surface area (Å²) < 4.78 is 5.66. The van der Waals surface area contributed by atoms with Crippen molar-refractivity contribution in [3.8, 4) is 5.75 Å². The summed E-state index contributed by atoms with van der Waals surface area (Å²) in [5, 5.41) is 3.47. The van der Waals surface area contributed by atoms with E-state index in [9.17, 15) is 4.79 Å². The SMILES string of the molecule is Br.CCN(CC)CCOc1ccc(NC(=O)CBr)cc1Cl. The molecule has 0 radical (unpaired) electrons. The van der Waals surface area contributed by atoms with Crippen LogP contribution >= 0.6 is 44.5 Å².